The van der Waals surface area contributed by atoms with Gasteiger partial charge in [0.15, 0.2) is 5.82 Å². The molecule has 7 nitrogen and oxygen atoms in total. The fourth-order valence-electron chi connectivity index (χ4n) is 2.80. The number of fused-ring (bicyclic) bond motifs is 1. The van der Waals surface area contributed by atoms with Crippen LogP contribution in [-0.4, -0.2) is 25.1 Å². The van der Waals surface area contributed by atoms with Crippen molar-refractivity contribution >= 4 is 16.9 Å². The highest BCUT2D eigenvalue weighted by molar-refractivity contribution is 5.74. The molecule has 0 aliphatic rings. The van der Waals surface area contributed by atoms with Crippen molar-refractivity contribution in [3.05, 3.63) is 53.3 Å². The number of aryl methyl sites for hydroxylation is 3. The van der Waals surface area contributed by atoms with Crippen LogP contribution in [0, 0.1) is 20.8 Å². The van der Waals surface area contributed by atoms with Crippen molar-refractivity contribution in [1.82, 2.24) is 25.1 Å². The Morgan fingerprint density at radius 1 is 1.12 bits per heavy atom. The number of benzene rings is 1. The van der Waals surface area contributed by atoms with Gasteiger partial charge in [-0.2, -0.15) is 0 Å². The van der Waals surface area contributed by atoms with Gasteiger partial charge in [-0.1, -0.05) is 17.3 Å². The van der Waals surface area contributed by atoms with Gasteiger partial charge >= 0.3 is 0 Å². The second kappa shape index (κ2) is 6.01. The van der Waals surface area contributed by atoms with Crippen molar-refractivity contribution < 1.29 is 4.52 Å². The number of aromatic amines is 1. The Kier molecular flexibility index (Phi) is 3.68. The summed E-state index contributed by atoms with van der Waals surface area (Å²) < 4.78 is 5.22. The fraction of sp³-hybridized carbons (Fsp3) is 0.222. The maximum atomic E-state index is 5.22. The van der Waals surface area contributed by atoms with Crippen LogP contribution in [0.4, 0.5) is 5.82 Å². The third-order valence-corrected chi connectivity index (χ3v) is 4.09. The highest BCUT2D eigenvalue weighted by atomic mass is 16.5. The van der Waals surface area contributed by atoms with E-state index in [9.17, 15) is 0 Å². The number of para-hydroxylation sites is 2. The lowest BCUT2D eigenvalue weighted by atomic mass is 10.2. The molecule has 4 aromatic rings. The van der Waals surface area contributed by atoms with Gasteiger partial charge in [-0.15, -0.1) is 0 Å². The summed E-state index contributed by atoms with van der Waals surface area (Å²) in [5.41, 5.74) is 4.56. The normalized spacial score (nSPS) is 11.2. The molecule has 25 heavy (non-hydrogen) atoms. The zero-order valence-corrected chi connectivity index (χ0v) is 14.3. The summed E-state index contributed by atoms with van der Waals surface area (Å²) in [4.78, 5) is 16.9. The van der Waals surface area contributed by atoms with E-state index in [1.165, 1.54) is 0 Å². The number of nitrogens with one attached hydrogen (secondary N) is 2. The van der Waals surface area contributed by atoms with Crippen molar-refractivity contribution in [2.24, 2.45) is 0 Å². The van der Waals surface area contributed by atoms with Crippen LogP contribution in [0.2, 0.25) is 0 Å². The molecular formula is C18H18N6O. The summed E-state index contributed by atoms with van der Waals surface area (Å²) in [7, 11) is 0. The zero-order chi connectivity index (χ0) is 17.4. The van der Waals surface area contributed by atoms with E-state index < -0.39 is 0 Å². The Morgan fingerprint density at radius 3 is 2.72 bits per heavy atom. The first-order valence-electron chi connectivity index (χ1n) is 8.06. The molecule has 0 bridgehead atoms. The van der Waals surface area contributed by atoms with Crippen molar-refractivity contribution in [2.45, 2.75) is 27.3 Å². The average Bonchev–Trinajstić information content (AvgIpc) is 3.17. The van der Waals surface area contributed by atoms with Gasteiger partial charge in [0.25, 0.3) is 0 Å². The standard InChI is InChI=1S/C18H18N6O/c1-10-8-19-18(16-11(2)24-25-12(16)3)23-17(10)20-9-15-21-13-6-4-5-7-14(13)22-15/h4-8H,9H2,1-3H3,(H,21,22)(H,19,20,23). The second-order valence-electron chi connectivity index (χ2n) is 5.98. The third-order valence-electron chi connectivity index (χ3n) is 4.09. The number of imidazole rings is 1. The van der Waals surface area contributed by atoms with E-state index in [2.05, 4.69) is 30.4 Å². The van der Waals surface area contributed by atoms with Gasteiger partial charge in [-0.05, 0) is 32.9 Å². The minimum absolute atomic E-state index is 0.549. The van der Waals surface area contributed by atoms with Crippen LogP contribution in [-0.2, 0) is 6.54 Å². The molecule has 0 unspecified atom stereocenters. The lowest BCUT2D eigenvalue weighted by Gasteiger charge is -2.08. The van der Waals surface area contributed by atoms with Crippen molar-refractivity contribution in [3.63, 3.8) is 0 Å². The zero-order valence-electron chi connectivity index (χ0n) is 14.3. The Morgan fingerprint density at radius 2 is 1.96 bits per heavy atom. The number of nitrogens with zero attached hydrogens (tertiary/aromatic N) is 4. The molecule has 3 heterocycles. The quantitative estimate of drug-likeness (QED) is 0.593. The number of hydrogen-bond donors (Lipinski definition) is 2. The largest absolute Gasteiger partial charge is 0.363 e. The number of rotatable bonds is 4. The summed E-state index contributed by atoms with van der Waals surface area (Å²) in [5, 5.41) is 7.31. The predicted molar refractivity (Wildman–Crippen MR) is 95.2 cm³/mol. The molecule has 7 heteroatoms. The van der Waals surface area contributed by atoms with Gasteiger partial charge in [0.2, 0.25) is 0 Å². The number of aromatic nitrogens is 5. The highest BCUT2D eigenvalue weighted by Gasteiger charge is 2.15. The van der Waals surface area contributed by atoms with Gasteiger partial charge < -0.3 is 14.8 Å². The molecule has 3 aromatic heterocycles. The van der Waals surface area contributed by atoms with Crippen molar-refractivity contribution in [2.75, 3.05) is 5.32 Å². The second-order valence-corrected chi connectivity index (χ2v) is 5.98. The Labute approximate surface area is 144 Å². The third kappa shape index (κ3) is 2.84. The van der Waals surface area contributed by atoms with Crippen LogP contribution < -0.4 is 5.32 Å². The molecule has 0 saturated carbocycles. The number of hydrogen-bond acceptors (Lipinski definition) is 6. The molecular weight excluding hydrogens is 316 g/mol. The van der Waals surface area contributed by atoms with Gasteiger partial charge in [0, 0.05) is 11.8 Å². The average molecular weight is 334 g/mol. The molecule has 0 radical (unpaired) electrons. The van der Waals surface area contributed by atoms with Gasteiger partial charge in [0.1, 0.15) is 17.4 Å². The van der Waals surface area contributed by atoms with Gasteiger partial charge in [0.05, 0.1) is 28.8 Å². The van der Waals surface area contributed by atoms with E-state index in [1.807, 2.05) is 45.0 Å². The molecule has 126 valence electrons. The number of H-pyrrole nitrogens is 1. The van der Waals surface area contributed by atoms with E-state index in [-0.39, 0.29) is 0 Å². The molecule has 4 rings (SSSR count). The first-order valence-corrected chi connectivity index (χ1v) is 8.06. The van der Waals surface area contributed by atoms with Crippen LogP contribution in [0.3, 0.4) is 0 Å². The molecule has 0 aliphatic heterocycles. The maximum Gasteiger partial charge on any atom is 0.167 e. The molecule has 2 N–H and O–H groups in total. The van der Waals surface area contributed by atoms with Crippen LogP contribution >= 0.6 is 0 Å². The fourth-order valence-corrected chi connectivity index (χ4v) is 2.80. The van der Waals surface area contributed by atoms with Crippen molar-refractivity contribution in [1.29, 1.82) is 0 Å². The van der Waals surface area contributed by atoms with E-state index in [0.29, 0.717) is 18.1 Å². The molecule has 0 amide bonds. The minimum atomic E-state index is 0.549. The smallest absolute Gasteiger partial charge is 0.167 e. The molecule has 0 spiro atoms. The van der Waals surface area contributed by atoms with Crippen LogP contribution in [0.1, 0.15) is 22.8 Å². The Balaban J connectivity index is 1.61. The Bertz CT molecular complexity index is 996. The van der Waals surface area contributed by atoms with E-state index in [0.717, 1.165) is 39.5 Å². The van der Waals surface area contributed by atoms with E-state index in [4.69, 9.17) is 4.52 Å². The van der Waals surface area contributed by atoms with E-state index >= 15 is 0 Å². The van der Waals surface area contributed by atoms with Crippen LogP contribution in [0.15, 0.2) is 35.0 Å². The first kappa shape index (κ1) is 15.3. The first-order chi connectivity index (χ1) is 12.1. The Hall–Kier alpha value is -3.22. The molecule has 1 aromatic carbocycles. The number of anilines is 1. The highest BCUT2D eigenvalue weighted by Crippen LogP contribution is 2.25. The molecule has 0 atom stereocenters. The van der Waals surface area contributed by atoms with Gasteiger partial charge in [-0.3, -0.25) is 0 Å². The lowest BCUT2D eigenvalue weighted by Crippen LogP contribution is -2.06. The van der Waals surface area contributed by atoms with Crippen LogP contribution in [0.5, 0.6) is 0 Å². The molecule has 0 aliphatic carbocycles. The SMILES string of the molecule is Cc1cnc(-c2c(C)noc2C)nc1NCc1nc2ccccc2[nH]1. The lowest BCUT2D eigenvalue weighted by molar-refractivity contribution is 0.393. The van der Waals surface area contributed by atoms with Gasteiger partial charge in [-0.25, -0.2) is 15.0 Å². The summed E-state index contributed by atoms with van der Waals surface area (Å²) >= 11 is 0. The summed E-state index contributed by atoms with van der Waals surface area (Å²) in [5.74, 6) is 2.95. The monoisotopic (exact) mass is 334 g/mol. The van der Waals surface area contributed by atoms with E-state index in [1.54, 1.807) is 6.20 Å². The summed E-state index contributed by atoms with van der Waals surface area (Å²) in [6.45, 7) is 6.27. The molecule has 0 saturated heterocycles. The predicted octanol–water partition coefficient (Wildman–Crippen LogP) is 3.55. The van der Waals surface area contributed by atoms with Crippen molar-refractivity contribution in [3.8, 4) is 11.4 Å². The summed E-state index contributed by atoms with van der Waals surface area (Å²) in [6, 6.07) is 7.96. The summed E-state index contributed by atoms with van der Waals surface area (Å²) in [6.07, 6.45) is 1.80. The topological polar surface area (TPSA) is 92.5 Å². The maximum absolute atomic E-state index is 5.22. The van der Waals surface area contributed by atoms with Crippen LogP contribution in [0.25, 0.3) is 22.4 Å². The minimum Gasteiger partial charge on any atom is -0.363 e. The molecule has 0 fully saturated rings.